The van der Waals surface area contributed by atoms with Crippen LogP contribution in [0.3, 0.4) is 0 Å². The van der Waals surface area contributed by atoms with Crippen molar-refractivity contribution in [1.29, 1.82) is 0 Å². The summed E-state index contributed by atoms with van der Waals surface area (Å²) in [5, 5.41) is 3.97. The SMILES string of the molecule is C=C1OB(c2cnn(C(=O)OC(C)(C)C)c2)OC1(C)C. The quantitative estimate of drug-likeness (QED) is 0.732. The number of nitrogens with zero attached hydrogens (tertiary/aromatic N) is 2. The standard InChI is InChI=1S/C13H19BN2O4/c1-9-13(5,6)20-14(19-9)10-7-15-16(8-10)11(17)18-12(2,3)4/h7-8H,1H2,2-6H3. The van der Waals surface area contributed by atoms with Crippen LogP contribution in [0, 0.1) is 0 Å². The van der Waals surface area contributed by atoms with E-state index in [0.717, 1.165) is 4.68 Å². The second-order valence-electron chi connectivity index (χ2n) is 6.20. The third-order valence-electron chi connectivity index (χ3n) is 2.78. The minimum absolute atomic E-state index is 0.542. The Labute approximate surface area is 118 Å². The smallest absolute Gasteiger partial charge is 0.534 e. The van der Waals surface area contributed by atoms with Gasteiger partial charge in [0.2, 0.25) is 0 Å². The maximum absolute atomic E-state index is 11.9. The lowest BCUT2D eigenvalue weighted by atomic mass is 9.82. The van der Waals surface area contributed by atoms with Crippen LogP contribution in [0.4, 0.5) is 4.79 Å². The summed E-state index contributed by atoms with van der Waals surface area (Å²) in [5.41, 5.74) is -0.485. The van der Waals surface area contributed by atoms with Crippen LogP contribution in [0.1, 0.15) is 34.6 Å². The fourth-order valence-electron chi connectivity index (χ4n) is 1.63. The van der Waals surface area contributed by atoms with E-state index in [4.69, 9.17) is 14.0 Å². The predicted octanol–water partition coefficient (Wildman–Crippen LogP) is 1.70. The van der Waals surface area contributed by atoms with Crippen molar-refractivity contribution in [2.75, 3.05) is 0 Å². The topological polar surface area (TPSA) is 62.6 Å². The number of hydrogen-bond acceptors (Lipinski definition) is 5. The summed E-state index contributed by atoms with van der Waals surface area (Å²) < 4.78 is 17.6. The van der Waals surface area contributed by atoms with E-state index in [1.54, 1.807) is 20.8 Å². The number of aromatic nitrogens is 2. The molecule has 0 spiro atoms. The molecule has 0 N–H and O–H groups in total. The maximum atomic E-state index is 11.9. The Morgan fingerprint density at radius 3 is 2.65 bits per heavy atom. The van der Waals surface area contributed by atoms with Crippen molar-refractivity contribution in [3.05, 3.63) is 24.7 Å². The van der Waals surface area contributed by atoms with Crippen molar-refractivity contribution in [3.8, 4) is 0 Å². The highest BCUT2D eigenvalue weighted by molar-refractivity contribution is 6.62. The molecule has 0 amide bonds. The molecule has 0 atom stereocenters. The van der Waals surface area contributed by atoms with Crippen molar-refractivity contribution in [2.24, 2.45) is 0 Å². The van der Waals surface area contributed by atoms with Crippen LogP contribution in [0.25, 0.3) is 0 Å². The van der Waals surface area contributed by atoms with Gasteiger partial charge in [-0.2, -0.15) is 9.78 Å². The minimum Gasteiger partial charge on any atom is -0.534 e. The monoisotopic (exact) mass is 278 g/mol. The number of hydrogen-bond donors (Lipinski definition) is 0. The molecule has 0 unspecified atom stereocenters. The van der Waals surface area contributed by atoms with Gasteiger partial charge in [0, 0.05) is 11.7 Å². The van der Waals surface area contributed by atoms with Crippen LogP contribution in [0.15, 0.2) is 24.7 Å². The molecule has 1 fully saturated rings. The van der Waals surface area contributed by atoms with Gasteiger partial charge >= 0.3 is 13.2 Å². The molecule has 0 aliphatic carbocycles. The van der Waals surface area contributed by atoms with Gasteiger partial charge in [0.15, 0.2) is 0 Å². The van der Waals surface area contributed by atoms with Gasteiger partial charge in [-0.1, -0.05) is 6.58 Å². The Morgan fingerprint density at radius 2 is 2.15 bits per heavy atom. The van der Waals surface area contributed by atoms with Gasteiger partial charge in [0.1, 0.15) is 11.2 Å². The first-order valence-electron chi connectivity index (χ1n) is 6.40. The van der Waals surface area contributed by atoms with E-state index in [-0.39, 0.29) is 0 Å². The third-order valence-corrected chi connectivity index (χ3v) is 2.78. The van der Waals surface area contributed by atoms with E-state index < -0.39 is 24.4 Å². The first-order valence-corrected chi connectivity index (χ1v) is 6.40. The van der Waals surface area contributed by atoms with Crippen LogP contribution >= 0.6 is 0 Å². The van der Waals surface area contributed by atoms with Gasteiger partial charge in [0.05, 0.1) is 12.0 Å². The number of rotatable bonds is 1. The molecule has 1 aliphatic heterocycles. The summed E-state index contributed by atoms with van der Waals surface area (Å²) in [6.45, 7) is 12.9. The molecule has 6 nitrogen and oxygen atoms in total. The van der Waals surface area contributed by atoms with Crippen molar-refractivity contribution in [2.45, 2.75) is 45.8 Å². The zero-order valence-corrected chi connectivity index (χ0v) is 12.5. The zero-order valence-electron chi connectivity index (χ0n) is 12.5. The highest BCUT2D eigenvalue weighted by Crippen LogP contribution is 2.28. The van der Waals surface area contributed by atoms with E-state index in [2.05, 4.69) is 11.7 Å². The average molecular weight is 278 g/mol. The van der Waals surface area contributed by atoms with Crippen LogP contribution in [0.5, 0.6) is 0 Å². The molecule has 1 aromatic rings. The molecule has 0 saturated carbocycles. The minimum atomic E-state index is -0.603. The molecule has 0 radical (unpaired) electrons. The molecule has 1 aromatic heterocycles. The highest BCUT2D eigenvalue weighted by Gasteiger charge is 2.43. The van der Waals surface area contributed by atoms with Gasteiger partial charge < -0.3 is 14.0 Å². The number of ether oxygens (including phenoxy) is 1. The second-order valence-corrected chi connectivity index (χ2v) is 6.20. The van der Waals surface area contributed by atoms with Gasteiger partial charge in [-0.15, -0.1) is 0 Å². The third kappa shape index (κ3) is 3.04. The Balaban J connectivity index is 2.11. The maximum Gasteiger partial charge on any atom is 0.566 e. The lowest BCUT2D eigenvalue weighted by Crippen LogP contribution is -2.34. The summed E-state index contributed by atoms with van der Waals surface area (Å²) in [7, 11) is -0.603. The zero-order chi connectivity index (χ0) is 15.1. The van der Waals surface area contributed by atoms with Crippen molar-refractivity contribution in [3.63, 3.8) is 0 Å². The summed E-state index contributed by atoms with van der Waals surface area (Å²) in [4.78, 5) is 11.9. The predicted molar refractivity (Wildman–Crippen MR) is 74.6 cm³/mol. The molecule has 2 heterocycles. The van der Waals surface area contributed by atoms with Crippen LogP contribution in [-0.4, -0.2) is 34.2 Å². The fourth-order valence-corrected chi connectivity index (χ4v) is 1.63. The van der Waals surface area contributed by atoms with Gasteiger partial charge in [-0.3, -0.25) is 0 Å². The molecule has 1 aliphatic rings. The summed E-state index contributed by atoms with van der Waals surface area (Å²) in [6.07, 6.45) is 2.51. The molecule has 0 aromatic carbocycles. The lowest BCUT2D eigenvalue weighted by molar-refractivity contribution is 0.0514. The Kier molecular flexibility index (Phi) is 3.41. The Bertz CT molecular complexity index is 545. The normalized spacial score (nSPS) is 18.1. The Hall–Kier alpha value is -1.76. The van der Waals surface area contributed by atoms with E-state index in [9.17, 15) is 4.79 Å². The summed E-state index contributed by atoms with van der Waals surface area (Å²) in [5.74, 6) is 0.549. The summed E-state index contributed by atoms with van der Waals surface area (Å²) >= 11 is 0. The molecule has 1 saturated heterocycles. The van der Waals surface area contributed by atoms with E-state index in [0.29, 0.717) is 11.2 Å². The van der Waals surface area contributed by atoms with Gasteiger partial charge in [-0.25, -0.2) is 4.79 Å². The van der Waals surface area contributed by atoms with Crippen LogP contribution < -0.4 is 5.46 Å². The molecule has 2 rings (SSSR count). The van der Waals surface area contributed by atoms with E-state index >= 15 is 0 Å². The molecule has 108 valence electrons. The molecule has 7 heteroatoms. The first kappa shape index (κ1) is 14.6. The Morgan fingerprint density at radius 1 is 1.50 bits per heavy atom. The van der Waals surface area contributed by atoms with Crippen molar-refractivity contribution < 1.29 is 18.8 Å². The van der Waals surface area contributed by atoms with E-state index in [1.165, 1.54) is 12.4 Å². The highest BCUT2D eigenvalue weighted by atomic mass is 16.7. The largest absolute Gasteiger partial charge is 0.566 e. The average Bonchev–Trinajstić information content (AvgIpc) is 2.82. The first-order chi connectivity index (χ1) is 9.08. The number of carbonyl (C=O) groups excluding carboxylic acids is 1. The number of carbonyl (C=O) groups is 1. The van der Waals surface area contributed by atoms with E-state index in [1.807, 2.05) is 13.8 Å². The summed E-state index contributed by atoms with van der Waals surface area (Å²) in [6, 6.07) is 0. The lowest BCUT2D eigenvalue weighted by Gasteiger charge is -2.18. The molecule has 20 heavy (non-hydrogen) atoms. The van der Waals surface area contributed by atoms with Gasteiger partial charge in [-0.05, 0) is 34.6 Å². The van der Waals surface area contributed by atoms with Gasteiger partial charge in [0.25, 0.3) is 0 Å². The molecular formula is C13H19BN2O4. The van der Waals surface area contributed by atoms with Crippen molar-refractivity contribution >= 4 is 18.7 Å². The van der Waals surface area contributed by atoms with Crippen molar-refractivity contribution in [1.82, 2.24) is 9.78 Å². The van der Waals surface area contributed by atoms with Crippen LogP contribution in [0.2, 0.25) is 0 Å². The molecular weight excluding hydrogens is 259 g/mol. The van der Waals surface area contributed by atoms with Crippen LogP contribution in [-0.2, 0) is 14.0 Å². The fraction of sp³-hybridized carbons (Fsp3) is 0.538. The second kappa shape index (κ2) is 4.66. The molecule has 0 bridgehead atoms.